The van der Waals surface area contributed by atoms with Gasteiger partial charge in [-0.3, -0.25) is 0 Å². The topological polar surface area (TPSA) is 26.0 Å². The molecule has 10 atom stereocenters. The van der Waals surface area contributed by atoms with Crippen molar-refractivity contribution < 1.29 is 0 Å². The highest BCUT2D eigenvalue weighted by Gasteiger charge is 2.69. The van der Waals surface area contributed by atoms with Crippen LogP contribution in [0.4, 0.5) is 0 Å². The third-order valence-electron chi connectivity index (χ3n) is 12.7. The summed E-state index contributed by atoms with van der Waals surface area (Å²) in [4.78, 5) is 0. The molecule has 5 aliphatic carbocycles. The lowest BCUT2D eigenvalue weighted by molar-refractivity contribution is -0.191. The predicted molar refractivity (Wildman–Crippen MR) is 123 cm³/mol. The van der Waals surface area contributed by atoms with Crippen LogP contribution in [0.3, 0.4) is 0 Å². The van der Waals surface area contributed by atoms with E-state index < -0.39 is 0 Å². The van der Waals surface area contributed by atoms with Crippen molar-refractivity contribution in [3.05, 3.63) is 0 Å². The fraction of sp³-hybridized carbons (Fsp3) is 1.00. The van der Waals surface area contributed by atoms with Gasteiger partial charge in [0, 0.05) is 5.54 Å². The summed E-state index contributed by atoms with van der Waals surface area (Å²) in [6.07, 6.45) is 16.0. The zero-order valence-corrected chi connectivity index (χ0v) is 20.4. The summed E-state index contributed by atoms with van der Waals surface area (Å²) in [5.41, 5.74) is 9.30. The monoisotopic (exact) mass is 399 g/mol. The fourth-order valence-corrected chi connectivity index (χ4v) is 11.3. The zero-order valence-electron chi connectivity index (χ0n) is 20.4. The molecular formula is C28H49N. The molecule has 166 valence electrons. The molecule has 29 heavy (non-hydrogen) atoms. The van der Waals surface area contributed by atoms with E-state index >= 15 is 0 Å². The molecule has 0 amide bonds. The maximum absolute atomic E-state index is 7.67. The first kappa shape index (κ1) is 20.8. The molecule has 5 aliphatic rings. The first-order chi connectivity index (χ1) is 13.6. The second-order valence-corrected chi connectivity index (χ2v) is 13.8. The van der Waals surface area contributed by atoms with Crippen molar-refractivity contribution in [1.29, 1.82) is 0 Å². The van der Waals surface area contributed by atoms with Crippen molar-refractivity contribution >= 4 is 0 Å². The first-order valence-electron chi connectivity index (χ1n) is 13.4. The Morgan fingerprint density at radius 1 is 0.724 bits per heavy atom. The van der Waals surface area contributed by atoms with E-state index in [1.54, 1.807) is 0 Å². The lowest BCUT2D eigenvalue weighted by Crippen LogP contribution is -2.69. The third kappa shape index (κ3) is 2.49. The van der Waals surface area contributed by atoms with Crippen LogP contribution in [-0.4, -0.2) is 5.54 Å². The first-order valence-corrected chi connectivity index (χ1v) is 13.4. The smallest absolute Gasteiger partial charge is 0.0271 e. The Morgan fingerprint density at radius 2 is 1.38 bits per heavy atom. The van der Waals surface area contributed by atoms with E-state index in [2.05, 4.69) is 41.5 Å². The minimum absolute atomic E-state index is 0.0929. The number of hydrogen-bond acceptors (Lipinski definition) is 1. The van der Waals surface area contributed by atoms with Crippen LogP contribution in [0.15, 0.2) is 0 Å². The van der Waals surface area contributed by atoms with Crippen LogP contribution in [0.2, 0.25) is 0 Å². The fourth-order valence-electron chi connectivity index (χ4n) is 11.3. The Hall–Kier alpha value is -0.0400. The van der Waals surface area contributed by atoms with Gasteiger partial charge in [-0.05, 0) is 115 Å². The minimum Gasteiger partial charge on any atom is -0.324 e. The highest BCUT2D eigenvalue weighted by Crippen LogP contribution is 2.73. The maximum Gasteiger partial charge on any atom is 0.0271 e. The maximum atomic E-state index is 7.67. The summed E-state index contributed by atoms with van der Waals surface area (Å²) in [7, 11) is 0. The van der Waals surface area contributed by atoms with Gasteiger partial charge in [0.1, 0.15) is 0 Å². The molecule has 0 bridgehead atoms. The molecule has 1 heteroatoms. The Balaban J connectivity index is 1.52. The molecule has 0 aromatic carbocycles. The van der Waals surface area contributed by atoms with E-state index in [1.807, 2.05) is 0 Å². The molecule has 0 aromatic rings. The second-order valence-electron chi connectivity index (χ2n) is 13.8. The molecule has 0 heterocycles. The average molecular weight is 400 g/mol. The summed E-state index contributed by atoms with van der Waals surface area (Å²) in [6, 6.07) is 0. The molecule has 0 aliphatic heterocycles. The summed E-state index contributed by atoms with van der Waals surface area (Å²) in [5, 5.41) is 0. The van der Waals surface area contributed by atoms with Gasteiger partial charge in [-0.1, -0.05) is 54.4 Å². The standard InChI is InChI=1S/C28H49N/c1-18(2)20-11-15-25(4)16-12-22-23(28(20,25)29)9-10-24-26(5)14-7-8-19(3)21(26)13-17-27(22,24)6/h18-24H,7-17,29H2,1-6H3. The lowest BCUT2D eigenvalue weighted by atomic mass is 9.36. The van der Waals surface area contributed by atoms with Gasteiger partial charge in [0.25, 0.3) is 0 Å². The number of hydrogen-bond donors (Lipinski definition) is 1. The molecule has 1 nitrogen and oxygen atoms in total. The Morgan fingerprint density at radius 3 is 2.10 bits per heavy atom. The summed E-state index contributed by atoms with van der Waals surface area (Å²) < 4.78 is 0. The lowest BCUT2D eigenvalue weighted by Gasteiger charge is -2.69. The second kappa shape index (κ2) is 6.49. The van der Waals surface area contributed by atoms with Gasteiger partial charge in [-0.2, -0.15) is 0 Å². The highest BCUT2D eigenvalue weighted by atomic mass is 14.9. The number of fused-ring (bicyclic) bond motifs is 7. The molecule has 0 spiro atoms. The van der Waals surface area contributed by atoms with Crippen LogP contribution in [0.1, 0.15) is 112 Å². The molecule has 0 radical (unpaired) electrons. The summed E-state index contributed by atoms with van der Waals surface area (Å²) in [6.45, 7) is 15.5. The van der Waals surface area contributed by atoms with Gasteiger partial charge in [0.05, 0.1) is 0 Å². The molecule has 10 unspecified atom stereocenters. The molecule has 0 saturated heterocycles. The van der Waals surface area contributed by atoms with E-state index in [4.69, 9.17) is 5.73 Å². The van der Waals surface area contributed by atoms with E-state index in [0.29, 0.717) is 16.2 Å². The van der Waals surface area contributed by atoms with Gasteiger partial charge < -0.3 is 5.73 Å². The van der Waals surface area contributed by atoms with Gasteiger partial charge in [0.2, 0.25) is 0 Å². The largest absolute Gasteiger partial charge is 0.324 e. The zero-order chi connectivity index (χ0) is 20.8. The van der Waals surface area contributed by atoms with Gasteiger partial charge in [0.15, 0.2) is 0 Å². The molecular weight excluding hydrogens is 350 g/mol. The van der Waals surface area contributed by atoms with Gasteiger partial charge in [-0.25, -0.2) is 0 Å². The number of nitrogens with two attached hydrogens (primary N) is 1. The minimum atomic E-state index is 0.0929. The van der Waals surface area contributed by atoms with Crippen molar-refractivity contribution in [2.75, 3.05) is 0 Å². The van der Waals surface area contributed by atoms with E-state index in [-0.39, 0.29) is 5.54 Å². The Labute approximate surface area is 181 Å². The van der Waals surface area contributed by atoms with Gasteiger partial charge >= 0.3 is 0 Å². The van der Waals surface area contributed by atoms with Crippen molar-refractivity contribution in [3.8, 4) is 0 Å². The quantitative estimate of drug-likeness (QED) is 0.487. The van der Waals surface area contributed by atoms with Crippen molar-refractivity contribution in [2.24, 2.45) is 63.4 Å². The molecule has 0 aromatic heterocycles. The molecule has 2 N–H and O–H groups in total. The number of rotatable bonds is 1. The third-order valence-corrected chi connectivity index (χ3v) is 12.7. The van der Waals surface area contributed by atoms with Crippen LogP contribution >= 0.6 is 0 Å². The van der Waals surface area contributed by atoms with Crippen LogP contribution in [0.25, 0.3) is 0 Å². The SMILES string of the molecule is CC(C)C1CCC2(C)CCC3C(CCC4C5(C)CCCC(C)C5CCC34C)C12N. The molecule has 5 fully saturated rings. The van der Waals surface area contributed by atoms with Crippen molar-refractivity contribution in [3.63, 3.8) is 0 Å². The normalized spacial score (nSPS) is 59.6. The Kier molecular flexibility index (Phi) is 4.66. The molecule has 5 rings (SSSR count). The van der Waals surface area contributed by atoms with Crippen LogP contribution in [0.5, 0.6) is 0 Å². The summed E-state index contributed by atoms with van der Waals surface area (Å²) >= 11 is 0. The molecule has 5 saturated carbocycles. The highest BCUT2D eigenvalue weighted by molar-refractivity contribution is 5.21. The van der Waals surface area contributed by atoms with Crippen molar-refractivity contribution in [1.82, 2.24) is 0 Å². The van der Waals surface area contributed by atoms with E-state index in [1.165, 1.54) is 70.6 Å². The predicted octanol–water partition coefficient (Wildman–Crippen LogP) is 7.44. The van der Waals surface area contributed by atoms with Crippen LogP contribution in [-0.2, 0) is 0 Å². The Bertz CT molecular complexity index is 655. The summed E-state index contributed by atoms with van der Waals surface area (Å²) in [5.74, 6) is 6.02. The van der Waals surface area contributed by atoms with Crippen LogP contribution < -0.4 is 5.73 Å². The van der Waals surface area contributed by atoms with Crippen LogP contribution in [0, 0.1) is 57.7 Å². The van der Waals surface area contributed by atoms with Crippen molar-refractivity contribution in [2.45, 2.75) is 118 Å². The van der Waals surface area contributed by atoms with Gasteiger partial charge in [-0.15, -0.1) is 0 Å². The van der Waals surface area contributed by atoms with E-state index in [9.17, 15) is 0 Å². The average Bonchev–Trinajstić information content (AvgIpc) is 2.93. The van der Waals surface area contributed by atoms with E-state index in [0.717, 1.165) is 41.4 Å².